The number of amidine groups is 1. The summed E-state index contributed by atoms with van der Waals surface area (Å²) in [5, 5.41) is 16.4. The lowest BCUT2D eigenvalue weighted by molar-refractivity contribution is 0.0912. The van der Waals surface area contributed by atoms with Crippen LogP contribution in [0.25, 0.3) is 11.0 Å². The molecular formula is C23H25ClN6O3. The summed E-state index contributed by atoms with van der Waals surface area (Å²) in [4.78, 5) is 33.5. The molecule has 2 aromatic carbocycles. The van der Waals surface area contributed by atoms with Crippen LogP contribution in [0.4, 0.5) is 0 Å². The van der Waals surface area contributed by atoms with E-state index in [1.165, 1.54) is 0 Å². The molecule has 0 saturated carbocycles. The summed E-state index contributed by atoms with van der Waals surface area (Å²) in [7, 11) is 1.58. The highest BCUT2D eigenvalue weighted by Crippen LogP contribution is 2.27. The number of hydrogen-bond donors (Lipinski definition) is 5. The van der Waals surface area contributed by atoms with Crippen molar-refractivity contribution in [1.29, 1.82) is 5.41 Å². The van der Waals surface area contributed by atoms with Gasteiger partial charge in [-0.2, -0.15) is 0 Å². The number of aromatic amines is 1. The minimum Gasteiger partial charge on any atom is -0.494 e. The molecule has 1 aliphatic heterocycles. The van der Waals surface area contributed by atoms with E-state index in [2.05, 4.69) is 25.9 Å². The van der Waals surface area contributed by atoms with Gasteiger partial charge in [-0.05, 0) is 36.6 Å². The number of benzene rings is 2. The van der Waals surface area contributed by atoms with Crippen LogP contribution in [-0.2, 0) is 6.54 Å². The lowest BCUT2D eigenvalue weighted by Crippen LogP contribution is -2.32. The molecule has 2 heterocycles. The molecule has 1 unspecified atom stereocenters. The van der Waals surface area contributed by atoms with Gasteiger partial charge in [0.05, 0.1) is 35.7 Å². The predicted octanol–water partition coefficient (Wildman–Crippen LogP) is 2.87. The molecule has 5 N–H and O–H groups in total. The molecule has 1 aliphatic rings. The fourth-order valence-corrected chi connectivity index (χ4v) is 4.02. The summed E-state index contributed by atoms with van der Waals surface area (Å²) >= 11 is 5.65. The van der Waals surface area contributed by atoms with Crippen molar-refractivity contribution in [1.82, 2.24) is 25.9 Å². The third kappa shape index (κ3) is 4.78. The summed E-state index contributed by atoms with van der Waals surface area (Å²) < 4.78 is 5.41. The Balaban J connectivity index is 1.59. The summed E-state index contributed by atoms with van der Waals surface area (Å²) in [5.41, 5.74) is 3.03. The Labute approximate surface area is 195 Å². The number of hydrogen-bond acceptors (Lipinski definition) is 5. The van der Waals surface area contributed by atoms with Crippen LogP contribution in [0.15, 0.2) is 36.4 Å². The normalized spacial score (nSPS) is 13.3. The molecule has 0 aliphatic carbocycles. The second-order valence-electron chi connectivity index (χ2n) is 7.71. The van der Waals surface area contributed by atoms with E-state index in [-0.39, 0.29) is 23.5 Å². The third-order valence-corrected chi connectivity index (χ3v) is 5.82. The average Bonchev–Trinajstić information content (AvgIpc) is 3.44. The zero-order valence-electron chi connectivity index (χ0n) is 18.1. The van der Waals surface area contributed by atoms with E-state index in [9.17, 15) is 9.59 Å². The fourth-order valence-electron chi connectivity index (χ4n) is 3.93. The maximum absolute atomic E-state index is 13.2. The Morgan fingerprint density at radius 3 is 2.91 bits per heavy atom. The molecule has 0 fully saturated rings. The highest BCUT2D eigenvalue weighted by atomic mass is 35.5. The van der Waals surface area contributed by atoms with Gasteiger partial charge in [0.25, 0.3) is 11.8 Å². The number of rotatable bonds is 9. The van der Waals surface area contributed by atoms with Crippen molar-refractivity contribution < 1.29 is 14.3 Å². The molecule has 1 atom stereocenters. The van der Waals surface area contributed by atoms with E-state index in [1.54, 1.807) is 19.2 Å². The smallest absolute Gasteiger partial charge is 0.252 e. The molecule has 0 bridgehead atoms. The molecular weight excluding hydrogens is 444 g/mol. The van der Waals surface area contributed by atoms with Gasteiger partial charge in [0.15, 0.2) is 0 Å². The van der Waals surface area contributed by atoms with Gasteiger partial charge in [-0.15, -0.1) is 11.6 Å². The fraction of sp³-hybridized carbons (Fsp3) is 0.304. The number of amides is 2. The van der Waals surface area contributed by atoms with Crippen LogP contribution in [0.1, 0.15) is 51.0 Å². The number of nitrogens with zero attached hydrogens (tertiary/aromatic N) is 1. The van der Waals surface area contributed by atoms with Crippen LogP contribution in [0.2, 0.25) is 0 Å². The molecule has 10 heteroatoms. The maximum Gasteiger partial charge on any atom is 0.252 e. The topological polar surface area (TPSA) is 132 Å². The minimum atomic E-state index is -0.443. The molecule has 0 radical (unpaired) electrons. The van der Waals surface area contributed by atoms with Crippen LogP contribution < -0.4 is 20.7 Å². The van der Waals surface area contributed by atoms with Gasteiger partial charge in [-0.25, -0.2) is 4.98 Å². The van der Waals surface area contributed by atoms with Crippen molar-refractivity contribution in [2.75, 3.05) is 19.5 Å². The van der Waals surface area contributed by atoms with Crippen LogP contribution in [-0.4, -0.2) is 47.2 Å². The molecule has 0 saturated heterocycles. The molecule has 4 rings (SSSR count). The van der Waals surface area contributed by atoms with Crippen molar-refractivity contribution >= 4 is 40.3 Å². The number of carbonyl (C=O) groups is 2. The Morgan fingerprint density at radius 1 is 1.30 bits per heavy atom. The zero-order chi connectivity index (χ0) is 23.4. The number of fused-ring (bicyclic) bond motifs is 2. The SMILES string of the molecule is COc1cccc2[nH]c(C(CCCNC(=N)CCl)NC(=O)c3cccc4c3C(=O)NC4)nc12. The number of H-pyrrole nitrogens is 1. The lowest BCUT2D eigenvalue weighted by Gasteiger charge is -2.18. The highest BCUT2D eigenvalue weighted by molar-refractivity contribution is 6.27. The molecule has 0 spiro atoms. The van der Waals surface area contributed by atoms with Gasteiger partial charge in [-0.3, -0.25) is 15.0 Å². The van der Waals surface area contributed by atoms with Crippen LogP contribution in [0.3, 0.4) is 0 Å². The molecule has 3 aromatic rings. The number of methoxy groups -OCH3 is 1. The minimum absolute atomic E-state index is 0.116. The van der Waals surface area contributed by atoms with E-state index in [0.29, 0.717) is 54.1 Å². The molecule has 172 valence electrons. The number of para-hydroxylation sites is 1. The van der Waals surface area contributed by atoms with Crippen LogP contribution in [0, 0.1) is 5.41 Å². The first-order chi connectivity index (χ1) is 16.0. The monoisotopic (exact) mass is 468 g/mol. The average molecular weight is 469 g/mol. The quantitative estimate of drug-likeness (QED) is 0.142. The Hall–Kier alpha value is -3.59. The van der Waals surface area contributed by atoms with E-state index < -0.39 is 6.04 Å². The van der Waals surface area contributed by atoms with Gasteiger partial charge >= 0.3 is 0 Å². The standard InChI is InChI=1S/C23H25ClN6O3/c1-33-17-9-3-7-15-20(17)30-21(28-15)16(8-4-10-26-18(25)11-24)29-22(31)14-6-2-5-13-12-27-23(32)19(13)14/h2-3,5-7,9,16H,4,8,10-12H2,1H3,(H2,25,26)(H,27,32)(H,28,30)(H,29,31). The lowest BCUT2D eigenvalue weighted by atomic mass is 10.0. The number of aromatic nitrogens is 2. The number of alkyl halides is 1. The number of imidazole rings is 1. The predicted molar refractivity (Wildman–Crippen MR) is 126 cm³/mol. The Morgan fingerprint density at radius 2 is 2.12 bits per heavy atom. The summed E-state index contributed by atoms with van der Waals surface area (Å²) in [6.45, 7) is 0.949. The van der Waals surface area contributed by atoms with Crippen LogP contribution in [0.5, 0.6) is 5.75 Å². The highest BCUT2D eigenvalue weighted by Gasteiger charge is 2.27. The van der Waals surface area contributed by atoms with E-state index in [4.69, 9.17) is 21.7 Å². The van der Waals surface area contributed by atoms with Gasteiger partial charge in [0.1, 0.15) is 22.9 Å². The van der Waals surface area contributed by atoms with E-state index >= 15 is 0 Å². The second-order valence-corrected chi connectivity index (χ2v) is 7.98. The largest absolute Gasteiger partial charge is 0.494 e. The number of nitrogens with one attached hydrogen (secondary N) is 5. The Kier molecular flexibility index (Phi) is 6.79. The van der Waals surface area contributed by atoms with Crippen LogP contribution >= 0.6 is 11.6 Å². The first-order valence-electron chi connectivity index (χ1n) is 10.6. The molecule has 9 nitrogen and oxygen atoms in total. The second kappa shape index (κ2) is 9.91. The summed E-state index contributed by atoms with van der Waals surface area (Å²) in [5.74, 6) is 0.996. The van der Waals surface area contributed by atoms with Gasteiger partial charge < -0.3 is 25.7 Å². The van der Waals surface area contributed by atoms with E-state index in [0.717, 1.165) is 11.1 Å². The number of halogens is 1. The third-order valence-electron chi connectivity index (χ3n) is 5.55. The van der Waals surface area contributed by atoms with Gasteiger partial charge in [0.2, 0.25) is 0 Å². The first-order valence-corrected chi connectivity index (χ1v) is 11.2. The van der Waals surface area contributed by atoms with Crippen molar-refractivity contribution in [3.05, 3.63) is 58.9 Å². The number of ether oxygens (including phenoxy) is 1. The van der Waals surface area contributed by atoms with E-state index in [1.807, 2.05) is 24.3 Å². The summed E-state index contributed by atoms with van der Waals surface area (Å²) in [6, 6.07) is 10.4. The maximum atomic E-state index is 13.2. The molecule has 33 heavy (non-hydrogen) atoms. The molecule has 2 amide bonds. The number of carbonyl (C=O) groups excluding carboxylic acids is 2. The van der Waals surface area contributed by atoms with Crippen molar-refractivity contribution in [3.8, 4) is 5.75 Å². The van der Waals surface area contributed by atoms with Crippen molar-refractivity contribution in [2.45, 2.75) is 25.4 Å². The molecule has 1 aromatic heterocycles. The Bertz CT molecular complexity index is 1210. The van der Waals surface area contributed by atoms with Crippen molar-refractivity contribution in [2.24, 2.45) is 0 Å². The van der Waals surface area contributed by atoms with Gasteiger partial charge in [0, 0.05) is 13.1 Å². The zero-order valence-corrected chi connectivity index (χ0v) is 18.9. The van der Waals surface area contributed by atoms with Crippen molar-refractivity contribution in [3.63, 3.8) is 0 Å². The van der Waals surface area contributed by atoms with Gasteiger partial charge in [-0.1, -0.05) is 18.2 Å². The first kappa shape index (κ1) is 22.6. The summed E-state index contributed by atoms with van der Waals surface area (Å²) in [6.07, 6.45) is 1.21.